The molecule has 1 heterocycles. The van der Waals surface area contributed by atoms with Crippen molar-refractivity contribution in [2.45, 2.75) is 32.1 Å². The molecule has 0 amide bonds. The van der Waals surface area contributed by atoms with Crippen LogP contribution in [0, 0.1) is 0 Å². The van der Waals surface area contributed by atoms with E-state index in [-0.39, 0.29) is 0 Å². The Morgan fingerprint density at radius 3 is 2.68 bits per heavy atom. The van der Waals surface area contributed by atoms with Gasteiger partial charge >= 0.3 is 6.18 Å². The van der Waals surface area contributed by atoms with Crippen molar-refractivity contribution in [3.63, 3.8) is 0 Å². The van der Waals surface area contributed by atoms with Gasteiger partial charge in [-0.25, -0.2) is 0 Å². The SMILES string of the molecule is CC(CC(F)(F)F)NCc1ccnc2ccccc12. The van der Waals surface area contributed by atoms with Crippen molar-refractivity contribution < 1.29 is 13.2 Å². The summed E-state index contributed by atoms with van der Waals surface area (Å²) in [5.74, 6) is 0. The molecule has 1 unspecified atom stereocenters. The molecular weight excluding hydrogens is 253 g/mol. The highest BCUT2D eigenvalue weighted by atomic mass is 19.4. The molecule has 2 nitrogen and oxygen atoms in total. The molecule has 102 valence electrons. The first-order valence-electron chi connectivity index (χ1n) is 6.08. The number of hydrogen-bond donors (Lipinski definition) is 1. The van der Waals surface area contributed by atoms with Gasteiger partial charge in [0.2, 0.25) is 0 Å². The Kier molecular flexibility index (Phi) is 4.04. The normalized spacial score (nSPS) is 13.7. The zero-order chi connectivity index (χ0) is 13.9. The Balaban J connectivity index is 2.06. The van der Waals surface area contributed by atoms with Crippen LogP contribution < -0.4 is 5.32 Å². The molecule has 1 aromatic heterocycles. The lowest BCUT2D eigenvalue weighted by molar-refractivity contribution is -0.139. The molecule has 0 aliphatic rings. The lowest BCUT2D eigenvalue weighted by atomic mass is 10.1. The van der Waals surface area contributed by atoms with Gasteiger partial charge in [0.05, 0.1) is 11.9 Å². The fourth-order valence-electron chi connectivity index (χ4n) is 2.01. The van der Waals surface area contributed by atoms with Gasteiger partial charge in [0, 0.05) is 24.2 Å². The summed E-state index contributed by atoms with van der Waals surface area (Å²) in [5.41, 5.74) is 1.81. The summed E-state index contributed by atoms with van der Waals surface area (Å²) in [6.45, 7) is 1.94. The summed E-state index contributed by atoms with van der Waals surface area (Å²) < 4.78 is 36.7. The first-order chi connectivity index (χ1) is 8.96. The maximum absolute atomic E-state index is 12.2. The molecule has 0 saturated carbocycles. The van der Waals surface area contributed by atoms with Crippen molar-refractivity contribution in [3.8, 4) is 0 Å². The van der Waals surface area contributed by atoms with E-state index in [2.05, 4.69) is 10.3 Å². The van der Waals surface area contributed by atoms with Crippen LogP contribution >= 0.6 is 0 Å². The quantitative estimate of drug-likeness (QED) is 0.915. The Morgan fingerprint density at radius 1 is 1.21 bits per heavy atom. The number of pyridine rings is 1. The minimum absolute atomic E-state index is 0.403. The molecule has 0 bridgehead atoms. The van der Waals surface area contributed by atoms with E-state index in [0.29, 0.717) is 6.54 Å². The topological polar surface area (TPSA) is 24.9 Å². The number of para-hydroxylation sites is 1. The molecule has 0 saturated heterocycles. The van der Waals surface area contributed by atoms with E-state index in [1.165, 1.54) is 6.92 Å². The molecule has 1 aromatic carbocycles. The van der Waals surface area contributed by atoms with Gasteiger partial charge in [-0.05, 0) is 24.6 Å². The summed E-state index contributed by atoms with van der Waals surface area (Å²) in [6.07, 6.45) is -3.28. The highest BCUT2D eigenvalue weighted by Crippen LogP contribution is 2.22. The minimum Gasteiger partial charge on any atom is -0.310 e. The first-order valence-corrected chi connectivity index (χ1v) is 6.08. The van der Waals surface area contributed by atoms with E-state index >= 15 is 0 Å². The van der Waals surface area contributed by atoms with Crippen LogP contribution in [0.1, 0.15) is 18.9 Å². The number of aromatic nitrogens is 1. The van der Waals surface area contributed by atoms with Crippen molar-refractivity contribution in [2.75, 3.05) is 0 Å². The molecule has 0 aliphatic heterocycles. The van der Waals surface area contributed by atoms with E-state index < -0.39 is 18.6 Å². The number of fused-ring (bicyclic) bond motifs is 1. The number of benzene rings is 1. The standard InChI is InChI=1S/C14H15F3N2/c1-10(8-14(15,16)17)19-9-11-6-7-18-13-5-3-2-4-12(11)13/h2-7,10,19H,8-9H2,1H3. The molecule has 1 N–H and O–H groups in total. The lowest BCUT2D eigenvalue weighted by Gasteiger charge is -2.16. The van der Waals surface area contributed by atoms with Crippen molar-refractivity contribution in [1.29, 1.82) is 0 Å². The molecule has 2 rings (SSSR count). The summed E-state index contributed by atoms with van der Waals surface area (Å²) in [4.78, 5) is 4.22. The van der Waals surface area contributed by atoms with Gasteiger partial charge < -0.3 is 5.32 Å². The predicted molar refractivity (Wildman–Crippen MR) is 68.7 cm³/mol. The van der Waals surface area contributed by atoms with Crippen LogP contribution in [-0.4, -0.2) is 17.2 Å². The van der Waals surface area contributed by atoms with Gasteiger partial charge in [-0.15, -0.1) is 0 Å². The van der Waals surface area contributed by atoms with E-state index in [4.69, 9.17) is 0 Å². The third-order valence-corrected chi connectivity index (χ3v) is 2.92. The number of alkyl halides is 3. The molecule has 0 fully saturated rings. The van der Waals surface area contributed by atoms with Gasteiger partial charge in [0.15, 0.2) is 0 Å². The molecule has 0 spiro atoms. The fourth-order valence-corrected chi connectivity index (χ4v) is 2.01. The third kappa shape index (κ3) is 3.92. The second-order valence-corrected chi connectivity index (χ2v) is 4.59. The highest BCUT2D eigenvalue weighted by molar-refractivity contribution is 5.81. The highest BCUT2D eigenvalue weighted by Gasteiger charge is 2.29. The van der Waals surface area contributed by atoms with E-state index in [1.54, 1.807) is 6.20 Å². The van der Waals surface area contributed by atoms with Gasteiger partial charge in [0.1, 0.15) is 0 Å². The monoisotopic (exact) mass is 268 g/mol. The molecular formula is C14H15F3N2. The fraction of sp³-hybridized carbons (Fsp3) is 0.357. The zero-order valence-electron chi connectivity index (χ0n) is 10.5. The van der Waals surface area contributed by atoms with Crippen LogP contribution in [0.5, 0.6) is 0 Å². The minimum atomic E-state index is -4.13. The molecule has 0 aliphatic carbocycles. The summed E-state index contributed by atoms with van der Waals surface area (Å²) >= 11 is 0. The predicted octanol–water partition coefficient (Wildman–Crippen LogP) is 3.67. The second kappa shape index (κ2) is 5.57. The Morgan fingerprint density at radius 2 is 1.95 bits per heavy atom. The smallest absolute Gasteiger partial charge is 0.310 e. The van der Waals surface area contributed by atoms with Gasteiger partial charge in [-0.3, -0.25) is 4.98 Å². The van der Waals surface area contributed by atoms with Crippen LogP contribution in [0.3, 0.4) is 0 Å². The third-order valence-electron chi connectivity index (χ3n) is 2.92. The largest absolute Gasteiger partial charge is 0.390 e. The molecule has 19 heavy (non-hydrogen) atoms. The summed E-state index contributed by atoms with van der Waals surface area (Å²) in [7, 11) is 0. The first kappa shape index (κ1) is 13.8. The molecule has 2 aromatic rings. The van der Waals surface area contributed by atoms with Crippen molar-refractivity contribution in [2.24, 2.45) is 0 Å². The summed E-state index contributed by atoms with van der Waals surface area (Å²) in [6, 6.07) is 8.82. The number of hydrogen-bond acceptors (Lipinski definition) is 2. The number of rotatable bonds is 4. The number of nitrogens with one attached hydrogen (secondary N) is 1. The maximum Gasteiger partial charge on any atom is 0.390 e. The average molecular weight is 268 g/mol. The Bertz CT molecular complexity index is 546. The van der Waals surface area contributed by atoms with Gasteiger partial charge in [-0.2, -0.15) is 13.2 Å². The van der Waals surface area contributed by atoms with Crippen LogP contribution in [0.2, 0.25) is 0 Å². The second-order valence-electron chi connectivity index (χ2n) is 4.59. The van der Waals surface area contributed by atoms with Crippen molar-refractivity contribution in [3.05, 3.63) is 42.1 Å². The van der Waals surface area contributed by atoms with Crippen molar-refractivity contribution in [1.82, 2.24) is 10.3 Å². The maximum atomic E-state index is 12.2. The van der Waals surface area contributed by atoms with Crippen LogP contribution in [0.4, 0.5) is 13.2 Å². The molecule has 5 heteroatoms. The average Bonchev–Trinajstić information content (AvgIpc) is 2.34. The van der Waals surface area contributed by atoms with Gasteiger partial charge in [0.25, 0.3) is 0 Å². The van der Waals surface area contributed by atoms with Crippen LogP contribution in [0.25, 0.3) is 10.9 Å². The van der Waals surface area contributed by atoms with Gasteiger partial charge in [-0.1, -0.05) is 18.2 Å². The summed E-state index contributed by atoms with van der Waals surface area (Å²) in [5, 5.41) is 3.87. The Hall–Kier alpha value is -1.62. The Labute approximate surface area is 109 Å². The number of halogens is 3. The van der Waals surface area contributed by atoms with Crippen molar-refractivity contribution >= 4 is 10.9 Å². The lowest BCUT2D eigenvalue weighted by Crippen LogP contribution is -2.30. The van der Waals surface area contributed by atoms with E-state index in [1.807, 2.05) is 30.3 Å². The van der Waals surface area contributed by atoms with Crippen LogP contribution in [-0.2, 0) is 6.54 Å². The molecule has 0 radical (unpaired) electrons. The van der Waals surface area contributed by atoms with Crippen LogP contribution in [0.15, 0.2) is 36.5 Å². The van der Waals surface area contributed by atoms with E-state index in [9.17, 15) is 13.2 Å². The van der Waals surface area contributed by atoms with E-state index in [0.717, 1.165) is 16.5 Å². The molecule has 1 atom stereocenters. The number of nitrogens with zero attached hydrogens (tertiary/aromatic N) is 1. The zero-order valence-corrected chi connectivity index (χ0v) is 10.5.